The molecule has 1 atom stereocenters. The Kier molecular flexibility index (Phi) is 8.84. The van der Waals surface area contributed by atoms with Crippen LogP contribution in [-0.4, -0.2) is 48.7 Å². The summed E-state index contributed by atoms with van der Waals surface area (Å²) < 4.78 is 69.8. The molecule has 0 aliphatic rings. The molecule has 1 N–H and O–H groups in total. The second kappa shape index (κ2) is 10.8. The molecular weight excluding hydrogens is 499 g/mol. The normalized spacial score (nSPS) is 13.3. The Morgan fingerprint density at radius 1 is 1.12 bits per heavy atom. The predicted molar refractivity (Wildman–Crippen MR) is 120 cm³/mol. The van der Waals surface area contributed by atoms with Crippen molar-refractivity contribution in [2.45, 2.75) is 44.4 Å². The van der Waals surface area contributed by atoms with Gasteiger partial charge >= 0.3 is 21.7 Å². The molecule has 0 fully saturated rings. The van der Waals surface area contributed by atoms with E-state index in [2.05, 4.69) is 4.18 Å². The van der Waals surface area contributed by atoms with Crippen LogP contribution >= 0.6 is 11.6 Å². The molecule has 0 aliphatic carbocycles. The Bertz CT molecular complexity index is 1100. The molecule has 188 valence electrons. The highest BCUT2D eigenvalue weighted by Crippen LogP contribution is 2.27. The minimum Gasteiger partial charge on any atom is -0.444 e. The molecule has 0 heterocycles. The number of rotatable bonds is 8. The van der Waals surface area contributed by atoms with E-state index in [1.807, 2.05) is 0 Å². The number of amides is 1. The second-order valence-corrected chi connectivity index (χ2v) is 10.4. The summed E-state index contributed by atoms with van der Waals surface area (Å²) in [7, 11) is -5.81. The average molecular weight is 524 g/mol. The van der Waals surface area contributed by atoms with Crippen LogP contribution in [0.15, 0.2) is 48.5 Å². The van der Waals surface area contributed by atoms with Crippen LogP contribution in [0.2, 0.25) is 5.02 Å². The van der Waals surface area contributed by atoms with E-state index in [1.54, 1.807) is 45.0 Å². The van der Waals surface area contributed by atoms with E-state index < -0.39 is 39.2 Å². The van der Waals surface area contributed by atoms with Crippen molar-refractivity contribution in [3.63, 3.8) is 0 Å². The lowest BCUT2D eigenvalue weighted by Crippen LogP contribution is -2.40. The quantitative estimate of drug-likeness (QED) is 0.383. The summed E-state index contributed by atoms with van der Waals surface area (Å²) in [4.78, 5) is 14.0. The molecule has 0 saturated carbocycles. The van der Waals surface area contributed by atoms with Crippen molar-refractivity contribution in [2.24, 2.45) is 0 Å². The van der Waals surface area contributed by atoms with Gasteiger partial charge in [0, 0.05) is 11.6 Å². The zero-order valence-corrected chi connectivity index (χ0v) is 20.2. The average Bonchev–Trinajstić information content (AvgIpc) is 2.68. The third-order valence-corrected chi connectivity index (χ3v) is 5.55. The number of aliphatic hydroxyl groups is 1. The van der Waals surface area contributed by atoms with E-state index >= 15 is 0 Å². The number of alkyl halides is 3. The topological polar surface area (TPSA) is 93.1 Å². The van der Waals surface area contributed by atoms with Crippen LogP contribution in [0.1, 0.15) is 38.0 Å². The van der Waals surface area contributed by atoms with Gasteiger partial charge in [-0.1, -0.05) is 35.9 Å². The molecule has 12 heteroatoms. The van der Waals surface area contributed by atoms with Crippen molar-refractivity contribution < 1.29 is 40.4 Å². The molecule has 1 unspecified atom stereocenters. The molecule has 2 aromatic carbocycles. The summed E-state index contributed by atoms with van der Waals surface area (Å²) in [5.41, 5.74) is -5.49. The van der Waals surface area contributed by atoms with Crippen molar-refractivity contribution in [1.29, 1.82) is 0 Å². The van der Waals surface area contributed by atoms with Crippen LogP contribution in [0.3, 0.4) is 0 Å². The fourth-order valence-corrected chi connectivity index (χ4v) is 3.45. The van der Waals surface area contributed by atoms with Gasteiger partial charge < -0.3 is 18.9 Å². The van der Waals surface area contributed by atoms with Gasteiger partial charge in [-0.25, -0.2) is 4.79 Å². The van der Waals surface area contributed by atoms with Gasteiger partial charge in [-0.3, -0.25) is 0 Å². The summed E-state index contributed by atoms with van der Waals surface area (Å²) in [6, 6.07) is 11.6. The van der Waals surface area contributed by atoms with Gasteiger partial charge in [0.15, 0.2) is 0 Å². The van der Waals surface area contributed by atoms with Crippen LogP contribution in [0.5, 0.6) is 5.75 Å². The lowest BCUT2D eigenvalue weighted by molar-refractivity contribution is -0.0500. The Balaban J connectivity index is 2.18. The van der Waals surface area contributed by atoms with Gasteiger partial charge in [0.1, 0.15) is 11.4 Å². The number of aliphatic hydroxyl groups excluding tert-OH is 1. The zero-order chi connectivity index (χ0) is 25.7. The van der Waals surface area contributed by atoms with Crippen LogP contribution in [0.25, 0.3) is 0 Å². The number of benzene rings is 2. The first-order valence-corrected chi connectivity index (χ1v) is 11.9. The molecule has 0 aliphatic heterocycles. The molecule has 0 aromatic heterocycles. The molecule has 0 spiro atoms. The number of halogens is 4. The maximum absolute atomic E-state index is 12.7. The molecule has 2 rings (SSSR count). The van der Waals surface area contributed by atoms with Crippen LogP contribution in [0.4, 0.5) is 18.0 Å². The van der Waals surface area contributed by atoms with Crippen molar-refractivity contribution in [1.82, 2.24) is 4.90 Å². The predicted octanol–water partition coefficient (Wildman–Crippen LogP) is 5.08. The summed E-state index contributed by atoms with van der Waals surface area (Å²) in [5.74, 6) is -0.516. The van der Waals surface area contributed by atoms with Gasteiger partial charge in [0.05, 0.1) is 12.6 Å². The molecule has 7 nitrogen and oxygen atoms in total. The van der Waals surface area contributed by atoms with Crippen LogP contribution < -0.4 is 4.18 Å². The highest BCUT2D eigenvalue weighted by Gasteiger charge is 2.48. The maximum Gasteiger partial charge on any atom is 0.534 e. The van der Waals surface area contributed by atoms with E-state index in [4.69, 9.17) is 16.3 Å². The monoisotopic (exact) mass is 523 g/mol. The van der Waals surface area contributed by atoms with Gasteiger partial charge in [-0.2, -0.15) is 21.6 Å². The number of carbonyl (C=O) groups excluding carboxylic acids is 1. The lowest BCUT2D eigenvalue weighted by Gasteiger charge is -2.29. The van der Waals surface area contributed by atoms with E-state index in [9.17, 15) is 31.5 Å². The Labute approximate surface area is 201 Å². The van der Waals surface area contributed by atoms with E-state index in [0.29, 0.717) is 16.1 Å². The molecule has 34 heavy (non-hydrogen) atoms. The first kappa shape index (κ1) is 27.7. The van der Waals surface area contributed by atoms with Gasteiger partial charge in [-0.05, 0) is 62.6 Å². The largest absolute Gasteiger partial charge is 0.534 e. The Hall–Kier alpha value is -2.50. The SMILES string of the molecule is CC(C)(C)OC(=O)N(CCc1cccc(OS(=O)(=O)C(F)(F)F)c1)CC(O)c1cccc(Cl)c1. The van der Waals surface area contributed by atoms with E-state index in [-0.39, 0.29) is 19.5 Å². The van der Waals surface area contributed by atoms with Crippen LogP contribution in [0, 0.1) is 0 Å². The summed E-state index contributed by atoms with van der Waals surface area (Å²) >= 11 is 5.96. The summed E-state index contributed by atoms with van der Waals surface area (Å²) in [6.45, 7) is 4.91. The molecule has 0 radical (unpaired) electrons. The van der Waals surface area contributed by atoms with Crippen molar-refractivity contribution in [2.75, 3.05) is 13.1 Å². The minimum atomic E-state index is -5.81. The van der Waals surface area contributed by atoms with Gasteiger partial charge in [0.2, 0.25) is 0 Å². The molecule has 0 saturated heterocycles. The Morgan fingerprint density at radius 2 is 1.76 bits per heavy atom. The third kappa shape index (κ3) is 8.37. The summed E-state index contributed by atoms with van der Waals surface area (Å²) in [5, 5.41) is 11.0. The molecule has 1 amide bonds. The van der Waals surface area contributed by atoms with Crippen LogP contribution in [-0.2, 0) is 21.3 Å². The second-order valence-electron chi connectivity index (χ2n) is 8.38. The smallest absolute Gasteiger partial charge is 0.444 e. The number of ether oxygens (including phenoxy) is 1. The number of nitrogens with zero attached hydrogens (tertiary/aromatic N) is 1. The summed E-state index contributed by atoms with van der Waals surface area (Å²) in [6.07, 6.45) is -1.68. The van der Waals surface area contributed by atoms with Crippen molar-refractivity contribution in [3.8, 4) is 5.75 Å². The first-order chi connectivity index (χ1) is 15.6. The highest BCUT2D eigenvalue weighted by atomic mass is 35.5. The fraction of sp³-hybridized carbons (Fsp3) is 0.409. The lowest BCUT2D eigenvalue weighted by atomic mass is 10.1. The maximum atomic E-state index is 12.7. The molecule has 0 bridgehead atoms. The number of hydrogen-bond acceptors (Lipinski definition) is 6. The standard InChI is InChI=1S/C22H25ClF3NO6S/c1-21(2,3)32-20(29)27(14-19(28)16-7-5-8-17(23)13-16)11-10-15-6-4-9-18(12-15)33-34(30,31)22(24,25)26/h4-9,12-13,19,28H,10-11,14H2,1-3H3. The minimum absolute atomic E-state index is 0.0159. The first-order valence-electron chi connectivity index (χ1n) is 10.1. The van der Waals surface area contributed by atoms with Crippen molar-refractivity contribution in [3.05, 3.63) is 64.7 Å². The van der Waals surface area contributed by atoms with Crippen molar-refractivity contribution >= 4 is 27.8 Å². The highest BCUT2D eigenvalue weighted by molar-refractivity contribution is 7.88. The zero-order valence-electron chi connectivity index (χ0n) is 18.7. The Morgan fingerprint density at radius 3 is 2.35 bits per heavy atom. The third-order valence-electron chi connectivity index (χ3n) is 4.34. The molecule has 2 aromatic rings. The van der Waals surface area contributed by atoms with Gasteiger partial charge in [0.25, 0.3) is 0 Å². The molecular formula is C22H25ClF3NO6S. The van der Waals surface area contributed by atoms with E-state index in [0.717, 1.165) is 12.1 Å². The van der Waals surface area contributed by atoms with E-state index in [1.165, 1.54) is 17.0 Å². The fourth-order valence-electron chi connectivity index (χ4n) is 2.80. The number of carbonyl (C=O) groups is 1. The number of hydrogen-bond donors (Lipinski definition) is 1. The van der Waals surface area contributed by atoms with Gasteiger partial charge in [-0.15, -0.1) is 0 Å².